The van der Waals surface area contributed by atoms with Crippen LogP contribution in [0.3, 0.4) is 0 Å². The molecule has 0 radical (unpaired) electrons. The van der Waals surface area contributed by atoms with Gasteiger partial charge in [0, 0.05) is 12.1 Å². The molecule has 1 heterocycles. The maximum Gasteiger partial charge on any atom is 0.338 e. The molecule has 3 aromatic carbocycles. The van der Waals surface area contributed by atoms with Crippen LogP contribution < -0.4 is 15.4 Å². The highest BCUT2D eigenvalue weighted by atomic mass is 16.5. The first-order valence-electron chi connectivity index (χ1n) is 10.9. The fraction of sp³-hybridized carbons (Fsp3) is 0.231. The zero-order valence-corrected chi connectivity index (χ0v) is 18.1. The number of rotatable bonds is 6. The smallest absolute Gasteiger partial charge is 0.338 e. The summed E-state index contributed by atoms with van der Waals surface area (Å²) < 4.78 is 11.7. The van der Waals surface area contributed by atoms with Gasteiger partial charge in [0.1, 0.15) is 23.4 Å². The number of phenols is 1. The molecule has 0 unspecified atom stereocenters. The van der Waals surface area contributed by atoms with E-state index >= 15 is 0 Å². The van der Waals surface area contributed by atoms with Gasteiger partial charge < -0.3 is 25.2 Å². The van der Waals surface area contributed by atoms with Crippen LogP contribution in [0.4, 0.5) is 0 Å². The van der Waals surface area contributed by atoms with Crippen LogP contribution in [0.25, 0.3) is 0 Å². The zero-order chi connectivity index (χ0) is 23.0. The highest BCUT2D eigenvalue weighted by Crippen LogP contribution is 2.23. The van der Waals surface area contributed by atoms with Gasteiger partial charge in [-0.2, -0.15) is 0 Å². The predicted molar refractivity (Wildman–Crippen MR) is 124 cm³/mol. The lowest BCUT2D eigenvalue weighted by molar-refractivity contribution is 0.0191. The predicted octanol–water partition coefficient (Wildman–Crippen LogP) is 3.89. The molecule has 33 heavy (non-hydrogen) atoms. The highest BCUT2D eigenvalue weighted by molar-refractivity contribution is 5.94. The minimum absolute atomic E-state index is 0.0907. The van der Waals surface area contributed by atoms with Gasteiger partial charge in [-0.05, 0) is 74.0 Å². The van der Waals surface area contributed by atoms with E-state index in [0.29, 0.717) is 35.6 Å². The summed E-state index contributed by atoms with van der Waals surface area (Å²) in [5, 5.41) is 15.7. The molecule has 0 aliphatic carbocycles. The molecule has 2 atom stereocenters. The van der Waals surface area contributed by atoms with E-state index in [9.17, 15) is 14.7 Å². The Morgan fingerprint density at radius 3 is 2.45 bits per heavy atom. The highest BCUT2D eigenvalue weighted by Gasteiger charge is 2.29. The average molecular weight is 447 g/mol. The molecule has 1 fully saturated rings. The van der Waals surface area contributed by atoms with Crippen molar-refractivity contribution in [2.75, 3.05) is 13.1 Å². The third-order valence-electron chi connectivity index (χ3n) is 5.41. The number of ether oxygens (including phenoxy) is 2. The number of hydrogen-bond donors (Lipinski definition) is 3. The lowest BCUT2D eigenvalue weighted by Gasteiger charge is -2.26. The van der Waals surface area contributed by atoms with Gasteiger partial charge in [0.15, 0.2) is 0 Å². The molecule has 0 saturated carbocycles. The summed E-state index contributed by atoms with van der Waals surface area (Å²) in [6, 6.07) is 21.8. The molecule has 3 N–H and O–H groups in total. The van der Waals surface area contributed by atoms with Crippen LogP contribution >= 0.6 is 0 Å². The Morgan fingerprint density at radius 1 is 0.909 bits per heavy atom. The molecule has 170 valence electrons. The van der Waals surface area contributed by atoms with E-state index in [2.05, 4.69) is 10.6 Å². The van der Waals surface area contributed by atoms with Gasteiger partial charge in [-0.1, -0.05) is 24.3 Å². The first-order chi connectivity index (χ1) is 16.1. The van der Waals surface area contributed by atoms with E-state index < -0.39 is 12.1 Å². The van der Waals surface area contributed by atoms with E-state index in [0.717, 1.165) is 13.0 Å². The summed E-state index contributed by atoms with van der Waals surface area (Å²) in [7, 11) is 0. The van der Waals surface area contributed by atoms with Crippen LogP contribution in [0, 0.1) is 0 Å². The quantitative estimate of drug-likeness (QED) is 0.497. The molecule has 4 rings (SSSR count). The summed E-state index contributed by atoms with van der Waals surface area (Å²) in [5.74, 6) is 0.547. The van der Waals surface area contributed by atoms with Crippen molar-refractivity contribution in [3.63, 3.8) is 0 Å². The standard InChI is InChI=1S/C26H26N2O5/c29-20-13-11-18(12-14-20)25(30)28-23-17-27-15-5-10-24(23)33-26(31)19-6-4-9-22(16-19)32-21-7-2-1-3-8-21/h1-4,6-9,11-14,16,23-24,27,29H,5,10,15,17H2,(H,28,30)/t23-,24-/m1/s1. The van der Waals surface area contributed by atoms with Crippen molar-refractivity contribution in [2.24, 2.45) is 0 Å². The van der Waals surface area contributed by atoms with Crippen molar-refractivity contribution in [1.29, 1.82) is 0 Å². The number of nitrogens with one attached hydrogen (secondary N) is 2. The van der Waals surface area contributed by atoms with Crippen LogP contribution in [-0.2, 0) is 4.74 Å². The van der Waals surface area contributed by atoms with Gasteiger partial charge >= 0.3 is 5.97 Å². The van der Waals surface area contributed by atoms with E-state index in [4.69, 9.17) is 9.47 Å². The number of hydrogen-bond acceptors (Lipinski definition) is 6. The second-order valence-corrected chi connectivity index (χ2v) is 7.86. The molecule has 3 aromatic rings. The third-order valence-corrected chi connectivity index (χ3v) is 5.41. The van der Waals surface area contributed by atoms with Crippen molar-refractivity contribution in [1.82, 2.24) is 10.6 Å². The normalized spacial score (nSPS) is 18.1. The summed E-state index contributed by atoms with van der Waals surface area (Å²) in [5.41, 5.74) is 0.803. The molecule has 1 aliphatic heterocycles. The molecular weight excluding hydrogens is 420 g/mol. The van der Waals surface area contributed by atoms with Gasteiger partial charge in [-0.25, -0.2) is 4.79 Å². The SMILES string of the molecule is O=C(N[C@@H]1CNCCC[C@H]1OC(=O)c1cccc(Oc2ccccc2)c1)c1ccc(O)cc1. The maximum absolute atomic E-state index is 12.9. The van der Waals surface area contributed by atoms with Gasteiger partial charge in [0.05, 0.1) is 11.6 Å². The number of para-hydroxylation sites is 1. The van der Waals surface area contributed by atoms with Crippen molar-refractivity contribution < 1.29 is 24.2 Å². The van der Waals surface area contributed by atoms with E-state index in [1.807, 2.05) is 30.3 Å². The molecule has 1 amide bonds. The number of benzene rings is 3. The molecule has 0 bridgehead atoms. The fourth-order valence-electron chi connectivity index (χ4n) is 3.68. The summed E-state index contributed by atoms with van der Waals surface area (Å²) >= 11 is 0. The van der Waals surface area contributed by atoms with Crippen molar-refractivity contribution in [3.8, 4) is 17.2 Å². The van der Waals surface area contributed by atoms with Crippen LogP contribution in [0.15, 0.2) is 78.9 Å². The maximum atomic E-state index is 12.9. The number of aromatic hydroxyl groups is 1. The Balaban J connectivity index is 1.44. The molecule has 0 aromatic heterocycles. The van der Waals surface area contributed by atoms with E-state index in [-0.39, 0.29) is 17.7 Å². The number of esters is 1. The first kappa shape index (κ1) is 22.4. The topological polar surface area (TPSA) is 96.9 Å². The summed E-state index contributed by atoms with van der Waals surface area (Å²) in [6.45, 7) is 1.26. The average Bonchev–Trinajstić information content (AvgIpc) is 3.05. The first-order valence-corrected chi connectivity index (χ1v) is 10.9. The molecule has 7 nitrogen and oxygen atoms in total. The number of amides is 1. The Bertz CT molecular complexity index is 1090. The number of phenolic OH excluding ortho intramolecular Hbond substituents is 1. The van der Waals surface area contributed by atoms with Gasteiger partial charge in [0.25, 0.3) is 5.91 Å². The van der Waals surface area contributed by atoms with Crippen LogP contribution in [0.5, 0.6) is 17.2 Å². The Morgan fingerprint density at radius 2 is 1.67 bits per heavy atom. The van der Waals surface area contributed by atoms with Crippen LogP contribution in [-0.4, -0.2) is 42.2 Å². The molecular formula is C26H26N2O5. The monoisotopic (exact) mass is 446 g/mol. The second kappa shape index (κ2) is 10.7. The Kier molecular flexibility index (Phi) is 7.22. The molecule has 0 spiro atoms. The minimum atomic E-state index is -0.479. The Labute approximate surface area is 192 Å². The number of carbonyl (C=O) groups is 2. The zero-order valence-electron chi connectivity index (χ0n) is 18.1. The van der Waals surface area contributed by atoms with Gasteiger partial charge in [-0.3, -0.25) is 4.79 Å². The van der Waals surface area contributed by atoms with Crippen molar-refractivity contribution >= 4 is 11.9 Å². The number of carbonyl (C=O) groups excluding carboxylic acids is 2. The van der Waals surface area contributed by atoms with E-state index in [1.165, 1.54) is 12.1 Å². The molecule has 1 aliphatic rings. The molecule has 7 heteroatoms. The lowest BCUT2D eigenvalue weighted by atomic mass is 10.1. The van der Waals surface area contributed by atoms with Gasteiger partial charge in [0.2, 0.25) is 0 Å². The minimum Gasteiger partial charge on any atom is -0.508 e. The molecule has 1 saturated heterocycles. The Hall–Kier alpha value is -3.84. The van der Waals surface area contributed by atoms with Crippen LogP contribution in [0.1, 0.15) is 33.6 Å². The lowest BCUT2D eigenvalue weighted by Crippen LogP contribution is -2.49. The third kappa shape index (κ3) is 6.11. The van der Waals surface area contributed by atoms with Crippen molar-refractivity contribution in [3.05, 3.63) is 90.0 Å². The van der Waals surface area contributed by atoms with Gasteiger partial charge in [-0.15, -0.1) is 0 Å². The second-order valence-electron chi connectivity index (χ2n) is 7.86. The summed E-state index contributed by atoms with van der Waals surface area (Å²) in [6.07, 6.45) is 0.965. The summed E-state index contributed by atoms with van der Waals surface area (Å²) in [4.78, 5) is 25.6. The van der Waals surface area contributed by atoms with E-state index in [1.54, 1.807) is 36.4 Å². The largest absolute Gasteiger partial charge is 0.508 e. The fourth-order valence-corrected chi connectivity index (χ4v) is 3.68. The van der Waals surface area contributed by atoms with Crippen LogP contribution in [0.2, 0.25) is 0 Å². The van der Waals surface area contributed by atoms with Crippen molar-refractivity contribution in [2.45, 2.75) is 25.0 Å².